The van der Waals surface area contributed by atoms with Gasteiger partial charge in [-0.05, 0) is 259 Å². The van der Waals surface area contributed by atoms with Crippen molar-refractivity contribution in [3.05, 3.63) is 264 Å². The molecule has 0 saturated carbocycles. The summed E-state index contributed by atoms with van der Waals surface area (Å²) in [7, 11) is 0. The Hall–Kier alpha value is -7.62. The molecule has 0 atom stereocenters. The second-order valence-corrected chi connectivity index (χ2v) is 20.8. The zero-order valence-corrected chi connectivity index (χ0v) is 44.9. The van der Waals surface area contributed by atoms with Crippen LogP contribution in [0.5, 0.6) is 0 Å². The second-order valence-electron chi connectivity index (χ2n) is 20.8. The zero-order valence-electron chi connectivity index (χ0n) is 44.9. The van der Waals surface area contributed by atoms with Gasteiger partial charge in [0.05, 0.1) is 16.8 Å². The fourth-order valence-corrected chi connectivity index (χ4v) is 11.4. The number of nitrogens with zero attached hydrogens (tertiary/aromatic N) is 3. The molecule has 0 aromatic heterocycles. The molecule has 0 saturated heterocycles. The van der Waals surface area contributed by atoms with Gasteiger partial charge in [0.2, 0.25) is 0 Å². The highest BCUT2D eigenvalue weighted by molar-refractivity contribution is 5.91. The third-order valence-electron chi connectivity index (χ3n) is 16.8. The maximum Gasteiger partial charge on any atom is 0.0742 e. The van der Waals surface area contributed by atoms with E-state index in [1.165, 1.54) is 134 Å². The van der Waals surface area contributed by atoms with Crippen molar-refractivity contribution in [1.29, 1.82) is 0 Å². The van der Waals surface area contributed by atoms with Gasteiger partial charge in [0.1, 0.15) is 0 Å². The lowest BCUT2D eigenvalue weighted by atomic mass is 9.62. The van der Waals surface area contributed by atoms with Crippen molar-refractivity contribution in [3.8, 4) is 0 Å². The van der Waals surface area contributed by atoms with E-state index in [2.05, 4.69) is 275 Å². The summed E-state index contributed by atoms with van der Waals surface area (Å²) >= 11 is 0. The van der Waals surface area contributed by atoms with Gasteiger partial charge in [-0.15, -0.1) is 0 Å². The first-order valence-electron chi connectivity index (χ1n) is 25.7. The molecule has 9 aromatic carbocycles. The summed E-state index contributed by atoms with van der Waals surface area (Å²) in [6.45, 7) is 31.4. The van der Waals surface area contributed by atoms with Crippen LogP contribution in [0, 0.1) is 96.9 Å². The molecule has 1 aliphatic rings. The van der Waals surface area contributed by atoms with Crippen molar-refractivity contribution >= 4 is 51.2 Å². The maximum atomic E-state index is 2.49. The second kappa shape index (κ2) is 18.5. The number of hydrogen-bond acceptors (Lipinski definition) is 3. The number of anilines is 9. The van der Waals surface area contributed by atoms with Gasteiger partial charge in [-0.1, -0.05) is 102 Å². The predicted octanol–water partition coefficient (Wildman–Crippen LogP) is 19.1. The van der Waals surface area contributed by atoms with E-state index in [1.54, 1.807) is 0 Å². The van der Waals surface area contributed by atoms with E-state index in [4.69, 9.17) is 0 Å². The molecule has 3 heteroatoms. The number of fused-ring (bicyclic) bond motifs is 2. The Labute approximate surface area is 430 Å². The van der Waals surface area contributed by atoms with Crippen LogP contribution in [-0.4, -0.2) is 0 Å². The monoisotopic (exact) mass is 940 g/mol. The first kappa shape index (κ1) is 48.0. The smallest absolute Gasteiger partial charge is 0.0742 e. The lowest BCUT2D eigenvalue weighted by Crippen LogP contribution is -2.38. The van der Waals surface area contributed by atoms with Crippen molar-refractivity contribution < 1.29 is 0 Å². The third kappa shape index (κ3) is 7.73. The molecule has 0 N–H and O–H groups in total. The van der Waals surface area contributed by atoms with Gasteiger partial charge in [0.25, 0.3) is 0 Å². The van der Waals surface area contributed by atoms with Gasteiger partial charge in [0.15, 0.2) is 0 Å². The first-order chi connectivity index (χ1) is 34.5. The quantitative estimate of drug-likeness (QED) is 0.143. The SMILES string of the molecule is Cc1ccc(N2c3ccccc3C(c3ccc(N(c4ccc(C)c(C)c4C)c4ccc(C)c(C)c4C)cc3)(c3ccc(N(c4ccc(C)c(C)c4C)c4ccc(C)c(C)c4C)cc3)c3cc(C)ccc32)cc1. The zero-order chi connectivity index (χ0) is 50.9. The van der Waals surface area contributed by atoms with Crippen LogP contribution in [0.2, 0.25) is 0 Å². The molecular formula is C69H69N3. The summed E-state index contributed by atoms with van der Waals surface area (Å²) in [6, 6.07) is 62.6. The molecule has 0 amide bonds. The minimum atomic E-state index is -0.703. The average molecular weight is 940 g/mol. The molecule has 0 aliphatic carbocycles. The van der Waals surface area contributed by atoms with E-state index in [0.29, 0.717) is 0 Å². The topological polar surface area (TPSA) is 9.72 Å². The van der Waals surface area contributed by atoms with Gasteiger partial charge < -0.3 is 14.7 Å². The Kier molecular flexibility index (Phi) is 12.4. The van der Waals surface area contributed by atoms with Crippen molar-refractivity contribution in [2.75, 3.05) is 14.7 Å². The standard InChI is InChI=1S/C69H69N3/c1-42-19-30-58(31-20-42)72-67-18-16-15-17-61(67)69(62-41-43(2)21-36-68(62)72,56-26-32-59(33-27-56)70(63-37-22-44(3)48(7)52(63)11)64-38-23-45(4)49(8)53(64)12)57-28-34-60(35-29-57)71(65-39-24-46(5)50(9)54(65)13)66-40-25-47(6)51(10)55(66)14/h15-41H,1-14H3. The van der Waals surface area contributed by atoms with Crippen LogP contribution in [0.25, 0.3) is 0 Å². The number of benzene rings is 9. The predicted molar refractivity (Wildman–Crippen MR) is 309 cm³/mol. The van der Waals surface area contributed by atoms with E-state index in [0.717, 1.165) is 17.1 Å². The van der Waals surface area contributed by atoms with Crippen molar-refractivity contribution in [1.82, 2.24) is 0 Å². The number of aryl methyl sites for hydroxylation is 6. The average Bonchev–Trinajstić information content (AvgIpc) is 3.38. The molecule has 1 heterocycles. The highest BCUT2D eigenvalue weighted by Gasteiger charge is 2.47. The highest BCUT2D eigenvalue weighted by atomic mass is 15.2. The third-order valence-corrected chi connectivity index (χ3v) is 16.8. The molecule has 0 unspecified atom stereocenters. The van der Waals surface area contributed by atoms with E-state index >= 15 is 0 Å². The molecule has 1 aliphatic heterocycles. The van der Waals surface area contributed by atoms with Crippen LogP contribution in [-0.2, 0) is 5.41 Å². The molecule has 0 bridgehead atoms. The van der Waals surface area contributed by atoms with Crippen molar-refractivity contribution in [2.24, 2.45) is 0 Å². The van der Waals surface area contributed by atoms with Crippen LogP contribution in [0.3, 0.4) is 0 Å². The van der Waals surface area contributed by atoms with Gasteiger partial charge >= 0.3 is 0 Å². The maximum absolute atomic E-state index is 2.49. The van der Waals surface area contributed by atoms with Crippen LogP contribution in [0.4, 0.5) is 51.2 Å². The van der Waals surface area contributed by atoms with E-state index < -0.39 is 5.41 Å². The summed E-state index contributed by atoms with van der Waals surface area (Å²) in [5, 5.41) is 0. The Bertz CT molecular complexity index is 3280. The fraction of sp³-hybridized carbons (Fsp3) is 0.217. The number of rotatable bonds is 9. The Morgan fingerprint density at radius 2 is 0.667 bits per heavy atom. The lowest BCUT2D eigenvalue weighted by Gasteiger charge is -2.47. The molecule has 10 rings (SSSR count). The van der Waals surface area contributed by atoms with E-state index in [9.17, 15) is 0 Å². The molecule has 0 fully saturated rings. The molecule has 360 valence electrons. The van der Waals surface area contributed by atoms with Crippen LogP contribution >= 0.6 is 0 Å². The summed E-state index contributed by atoms with van der Waals surface area (Å²) in [4.78, 5) is 7.45. The molecule has 72 heavy (non-hydrogen) atoms. The minimum absolute atomic E-state index is 0.703. The van der Waals surface area contributed by atoms with Crippen LogP contribution < -0.4 is 14.7 Å². The van der Waals surface area contributed by atoms with Crippen LogP contribution in [0.1, 0.15) is 100 Å². The number of hydrogen-bond donors (Lipinski definition) is 0. The van der Waals surface area contributed by atoms with E-state index in [1.807, 2.05) is 0 Å². The van der Waals surface area contributed by atoms with Gasteiger partial charge in [-0.3, -0.25) is 0 Å². The fourth-order valence-electron chi connectivity index (χ4n) is 11.4. The molecule has 0 radical (unpaired) electrons. The molecule has 0 spiro atoms. The Morgan fingerprint density at radius 1 is 0.306 bits per heavy atom. The highest BCUT2D eigenvalue weighted by Crippen LogP contribution is 2.58. The van der Waals surface area contributed by atoms with Gasteiger partial charge in [0, 0.05) is 39.8 Å². The van der Waals surface area contributed by atoms with Crippen molar-refractivity contribution in [3.63, 3.8) is 0 Å². The molecule has 9 aromatic rings. The van der Waals surface area contributed by atoms with E-state index in [-0.39, 0.29) is 0 Å². The first-order valence-corrected chi connectivity index (χ1v) is 25.7. The number of para-hydroxylation sites is 1. The normalized spacial score (nSPS) is 12.7. The summed E-state index contributed by atoms with van der Waals surface area (Å²) in [5.74, 6) is 0. The largest absolute Gasteiger partial charge is 0.310 e. The Balaban J connectivity index is 1.24. The van der Waals surface area contributed by atoms with Crippen molar-refractivity contribution in [2.45, 2.75) is 102 Å². The van der Waals surface area contributed by atoms with Gasteiger partial charge in [-0.2, -0.15) is 0 Å². The summed E-state index contributed by atoms with van der Waals surface area (Å²) < 4.78 is 0. The summed E-state index contributed by atoms with van der Waals surface area (Å²) in [5.41, 5.74) is 32.8. The molecular weight excluding hydrogens is 871 g/mol. The summed E-state index contributed by atoms with van der Waals surface area (Å²) in [6.07, 6.45) is 0. The molecule has 3 nitrogen and oxygen atoms in total. The Morgan fingerprint density at radius 3 is 1.07 bits per heavy atom. The van der Waals surface area contributed by atoms with Gasteiger partial charge in [-0.25, -0.2) is 0 Å². The minimum Gasteiger partial charge on any atom is -0.310 e. The lowest BCUT2D eigenvalue weighted by molar-refractivity contribution is 0.730. The van der Waals surface area contributed by atoms with Crippen LogP contribution in [0.15, 0.2) is 164 Å².